The number of morpholine rings is 1. The molecule has 8 heteroatoms. The van der Waals surface area contributed by atoms with E-state index in [1.54, 1.807) is 12.4 Å². The Labute approximate surface area is 145 Å². The van der Waals surface area contributed by atoms with Crippen LogP contribution in [0.5, 0.6) is 0 Å². The van der Waals surface area contributed by atoms with Crippen LogP contribution in [0.15, 0.2) is 29.7 Å². The van der Waals surface area contributed by atoms with Gasteiger partial charge in [-0.05, 0) is 26.0 Å². The molecule has 7 nitrogen and oxygen atoms in total. The number of thioether (sulfide) groups is 1. The summed E-state index contributed by atoms with van der Waals surface area (Å²) in [6, 6.07) is 3.78. The van der Waals surface area contributed by atoms with Gasteiger partial charge in [0.2, 0.25) is 5.91 Å². The first kappa shape index (κ1) is 16.9. The maximum absolute atomic E-state index is 12.4. The van der Waals surface area contributed by atoms with Crippen molar-refractivity contribution in [2.75, 3.05) is 18.8 Å². The number of amides is 1. The summed E-state index contributed by atoms with van der Waals surface area (Å²) in [5.74, 6) is 1.22. The van der Waals surface area contributed by atoms with Gasteiger partial charge in [0.1, 0.15) is 0 Å². The van der Waals surface area contributed by atoms with Crippen molar-refractivity contribution in [2.45, 2.75) is 31.2 Å². The standard InChI is InChI=1S/C16H21N5O2S/c1-11-8-21(9-12(2)23-11)14(22)10-24-16-19-18-15(20(16)3)13-4-6-17-7-5-13/h4-7,11-12H,8-10H2,1-3H3/t11-,12+. The molecule has 3 heterocycles. The lowest BCUT2D eigenvalue weighted by molar-refractivity contribution is -0.140. The molecule has 0 N–H and O–H groups in total. The molecule has 128 valence electrons. The molecule has 0 aromatic carbocycles. The fourth-order valence-corrected chi connectivity index (χ4v) is 3.61. The zero-order chi connectivity index (χ0) is 17.1. The molecule has 0 spiro atoms. The number of pyridine rings is 1. The molecule has 0 saturated carbocycles. The van der Waals surface area contributed by atoms with E-state index in [1.165, 1.54) is 11.8 Å². The molecule has 1 aliphatic heterocycles. The Morgan fingerprint density at radius 3 is 2.58 bits per heavy atom. The second-order valence-corrected chi connectivity index (χ2v) is 6.89. The van der Waals surface area contributed by atoms with Gasteiger partial charge >= 0.3 is 0 Å². The van der Waals surface area contributed by atoms with E-state index in [1.807, 2.05) is 42.5 Å². The lowest BCUT2D eigenvalue weighted by Gasteiger charge is -2.35. The van der Waals surface area contributed by atoms with E-state index >= 15 is 0 Å². The molecule has 2 aromatic rings. The van der Waals surface area contributed by atoms with Crippen molar-refractivity contribution >= 4 is 17.7 Å². The Bertz CT molecular complexity index is 696. The van der Waals surface area contributed by atoms with Crippen molar-refractivity contribution in [3.63, 3.8) is 0 Å². The minimum Gasteiger partial charge on any atom is -0.372 e. The number of nitrogens with zero attached hydrogens (tertiary/aromatic N) is 5. The van der Waals surface area contributed by atoms with Crippen molar-refractivity contribution in [1.82, 2.24) is 24.6 Å². The second-order valence-electron chi connectivity index (χ2n) is 5.95. The van der Waals surface area contributed by atoms with E-state index in [2.05, 4.69) is 15.2 Å². The monoisotopic (exact) mass is 347 g/mol. The van der Waals surface area contributed by atoms with Crippen LogP contribution in [-0.4, -0.2) is 61.6 Å². The van der Waals surface area contributed by atoms with Crippen LogP contribution in [0.25, 0.3) is 11.4 Å². The normalized spacial score (nSPS) is 21.0. The minimum atomic E-state index is 0.0795. The van der Waals surface area contributed by atoms with E-state index in [-0.39, 0.29) is 18.1 Å². The fraction of sp³-hybridized carbons (Fsp3) is 0.500. The van der Waals surface area contributed by atoms with Gasteiger partial charge in [-0.1, -0.05) is 11.8 Å². The summed E-state index contributed by atoms with van der Waals surface area (Å²) in [7, 11) is 1.90. The molecular weight excluding hydrogens is 326 g/mol. The molecule has 2 atom stereocenters. The summed E-state index contributed by atoms with van der Waals surface area (Å²) < 4.78 is 7.57. The fourth-order valence-electron chi connectivity index (χ4n) is 2.79. The first-order chi connectivity index (χ1) is 11.5. The Hall–Kier alpha value is -1.93. The van der Waals surface area contributed by atoms with E-state index < -0.39 is 0 Å². The third-order valence-corrected chi connectivity index (χ3v) is 4.88. The topological polar surface area (TPSA) is 73.1 Å². The highest BCUT2D eigenvalue weighted by atomic mass is 32.2. The highest BCUT2D eigenvalue weighted by Crippen LogP contribution is 2.22. The van der Waals surface area contributed by atoms with Gasteiger partial charge in [-0.15, -0.1) is 10.2 Å². The number of rotatable bonds is 4. The molecule has 1 aliphatic rings. The number of hydrogen-bond acceptors (Lipinski definition) is 6. The van der Waals surface area contributed by atoms with Crippen molar-refractivity contribution < 1.29 is 9.53 Å². The van der Waals surface area contributed by atoms with E-state index in [0.29, 0.717) is 18.8 Å². The first-order valence-electron chi connectivity index (χ1n) is 7.90. The highest BCUT2D eigenvalue weighted by Gasteiger charge is 2.26. The zero-order valence-corrected chi connectivity index (χ0v) is 14.9. The van der Waals surface area contributed by atoms with Crippen molar-refractivity contribution in [2.24, 2.45) is 7.05 Å². The van der Waals surface area contributed by atoms with E-state index in [0.717, 1.165) is 16.5 Å². The Balaban J connectivity index is 1.63. The third-order valence-electron chi connectivity index (χ3n) is 3.87. The number of hydrogen-bond donors (Lipinski definition) is 0. The molecule has 2 aromatic heterocycles. The van der Waals surface area contributed by atoms with Gasteiger partial charge in [-0.25, -0.2) is 0 Å². The van der Waals surface area contributed by atoms with Crippen LogP contribution in [0.1, 0.15) is 13.8 Å². The van der Waals surface area contributed by atoms with Gasteiger partial charge < -0.3 is 14.2 Å². The molecule has 0 unspecified atom stereocenters. The summed E-state index contributed by atoms with van der Waals surface area (Å²) in [5.41, 5.74) is 0.953. The molecule has 3 rings (SSSR count). The minimum absolute atomic E-state index is 0.0795. The van der Waals surface area contributed by atoms with Crippen LogP contribution in [-0.2, 0) is 16.6 Å². The summed E-state index contributed by atoms with van der Waals surface area (Å²) in [4.78, 5) is 18.3. The van der Waals surface area contributed by atoms with Crippen LogP contribution in [0.4, 0.5) is 0 Å². The van der Waals surface area contributed by atoms with Gasteiger partial charge in [0.25, 0.3) is 0 Å². The predicted octanol–water partition coefficient (Wildman–Crippen LogP) is 1.60. The lowest BCUT2D eigenvalue weighted by atomic mass is 10.2. The molecular formula is C16H21N5O2S. The molecule has 0 aliphatic carbocycles. The van der Waals surface area contributed by atoms with Crippen LogP contribution < -0.4 is 0 Å². The van der Waals surface area contributed by atoms with Gasteiger partial charge in [0.05, 0.1) is 18.0 Å². The van der Waals surface area contributed by atoms with E-state index in [4.69, 9.17) is 4.74 Å². The Kier molecular flexibility index (Phi) is 5.15. The molecule has 24 heavy (non-hydrogen) atoms. The molecule has 1 amide bonds. The first-order valence-corrected chi connectivity index (χ1v) is 8.89. The van der Waals surface area contributed by atoms with Crippen LogP contribution in [0.3, 0.4) is 0 Å². The van der Waals surface area contributed by atoms with E-state index in [9.17, 15) is 4.79 Å². The Morgan fingerprint density at radius 1 is 1.25 bits per heavy atom. The molecule has 1 saturated heterocycles. The average molecular weight is 347 g/mol. The summed E-state index contributed by atoms with van der Waals surface area (Å²) in [6.45, 7) is 5.27. The van der Waals surface area contributed by atoms with Crippen LogP contribution in [0.2, 0.25) is 0 Å². The largest absolute Gasteiger partial charge is 0.372 e. The summed E-state index contributed by atoms with van der Waals surface area (Å²) in [6.07, 6.45) is 3.61. The lowest BCUT2D eigenvalue weighted by Crippen LogP contribution is -2.48. The number of aromatic nitrogens is 4. The average Bonchev–Trinajstić information content (AvgIpc) is 2.93. The van der Waals surface area contributed by atoms with Gasteiger partial charge in [-0.3, -0.25) is 9.78 Å². The third kappa shape index (κ3) is 3.76. The van der Waals surface area contributed by atoms with Gasteiger partial charge in [-0.2, -0.15) is 0 Å². The van der Waals surface area contributed by atoms with Crippen LogP contribution >= 0.6 is 11.8 Å². The van der Waals surface area contributed by atoms with Gasteiger partial charge in [0.15, 0.2) is 11.0 Å². The van der Waals surface area contributed by atoms with Gasteiger partial charge in [0, 0.05) is 38.1 Å². The predicted molar refractivity (Wildman–Crippen MR) is 91.5 cm³/mol. The van der Waals surface area contributed by atoms with Crippen molar-refractivity contribution in [1.29, 1.82) is 0 Å². The molecule has 0 radical (unpaired) electrons. The van der Waals surface area contributed by atoms with Crippen molar-refractivity contribution in [3.05, 3.63) is 24.5 Å². The Morgan fingerprint density at radius 2 is 1.92 bits per heavy atom. The molecule has 1 fully saturated rings. The SMILES string of the molecule is C[C@@H]1CN(C(=O)CSc2nnc(-c3ccncc3)n2C)C[C@H](C)O1. The number of carbonyl (C=O) groups excluding carboxylic acids is 1. The second kappa shape index (κ2) is 7.31. The van der Waals surface area contributed by atoms with Crippen molar-refractivity contribution in [3.8, 4) is 11.4 Å². The summed E-state index contributed by atoms with van der Waals surface area (Å²) in [5, 5.41) is 9.15. The maximum Gasteiger partial charge on any atom is 0.233 e. The zero-order valence-electron chi connectivity index (χ0n) is 14.0. The quantitative estimate of drug-likeness (QED) is 0.782. The number of ether oxygens (including phenoxy) is 1. The maximum atomic E-state index is 12.4. The van der Waals surface area contributed by atoms with Crippen LogP contribution in [0, 0.1) is 0 Å². The smallest absolute Gasteiger partial charge is 0.233 e. The molecule has 0 bridgehead atoms. The highest BCUT2D eigenvalue weighted by molar-refractivity contribution is 7.99. The number of carbonyl (C=O) groups is 1. The summed E-state index contributed by atoms with van der Waals surface area (Å²) >= 11 is 1.41.